The first-order valence-corrected chi connectivity index (χ1v) is 5.46. The topological polar surface area (TPSA) is 44.2 Å². The molecule has 0 saturated heterocycles. The fraction of sp³-hybridized carbons (Fsp3) is 0.167. The summed E-state index contributed by atoms with van der Waals surface area (Å²) in [6.07, 6.45) is -2.34. The second-order valence-electron chi connectivity index (χ2n) is 3.70. The first-order chi connectivity index (χ1) is 9.83. The lowest BCUT2D eigenvalue weighted by molar-refractivity contribution is -0.274. The van der Waals surface area contributed by atoms with E-state index in [-0.39, 0.29) is 5.75 Å². The summed E-state index contributed by atoms with van der Waals surface area (Å²) in [6, 6.07) is 4.45. The van der Waals surface area contributed by atoms with Crippen LogP contribution in [0.15, 0.2) is 36.7 Å². The standard InChI is InChI=1S/C12H7F5N2O2/c13-10(14)20-11-18-5-8(6-19-11)7-1-3-9(4-2-7)21-12(15,16)17/h1-6,10H. The first kappa shape index (κ1) is 14.9. The number of rotatable bonds is 4. The van der Waals surface area contributed by atoms with Crippen molar-refractivity contribution < 1.29 is 31.4 Å². The largest absolute Gasteiger partial charge is 0.573 e. The molecule has 1 aromatic carbocycles. The van der Waals surface area contributed by atoms with Gasteiger partial charge in [0.05, 0.1) is 0 Å². The fourth-order valence-corrected chi connectivity index (χ4v) is 1.45. The van der Waals surface area contributed by atoms with Crippen molar-refractivity contribution >= 4 is 0 Å². The molecule has 0 spiro atoms. The van der Waals surface area contributed by atoms with Gasteiger partial charge in [-0.25, -0.2) is 9.97 Å². The van der Waals surface area contributed by atoms with E-state index in [0.717, 1.165) is 12.1 Å². The molecule has 0 N–H and O–H groups in total. The number of aromatic nitrogens is 2. The van der Waals surface area contributed by atoms with Crippen LogP contribution in [0.5, 0.6) is 11.8 Å². The summed E-state index contributed by atoms with van der Waals surface area (Å²) in [5.74, 6) is -0.371. The zero-order valence-electron chi connectivity index (χ0n) is 10.1. The van der Waals surface area contributed by atoms with Gasteiger partial charge in [0.2, 0.25) is 0 Å². The minimum atomic E-state index is -4.76. The van der Waals surface area contributed by atoms with Crippen molar-refractivity contribution in [3.05, 3.63) is 36.7 Å². The molecule has 21 heavy (non-hydrogen) atoms. The molecule has 112 valence electrons. The van der Waals surface area contributed by atoms with Gasteiger partial charge in [0, 0.05) is 18.0 Å². The molecule has 0 fully saturated rings. The number of nitrogens with zero attached hydrogens (tertiary/aromatic N) is 2. The molecule has 0 aliphatic heterocycles. The van der Waals surface area contributed by atoms with Gasteiger partial charge in [-0.3, -0.25) is 0 Å². The van der Waals surface area contributed by atoms with Crippen LogP contribution < -0.4 is 9.47 Å². The van der Waals surface area contributed by atoms with E-state index in [0.29, 0.717) is 11.1 Å². The Hall–Kier alpha value is -2.45. The number of halogens is 5. The molecule has 0 radical (unpaired) electrons. The van der Waals surface area contributed by atoms with E-state index in [1.165, 1.54) is 24.5 Å². The molecule has 2 rings (SSSR count). The van der Waals surface area contributed by atoms with Crippen LogP contribution in [0.1, 0.15) is 0 Å². The predicted molar refractivity (Wildman–Crippen MR) is 60.8 cm³/mol. The maximum absolute atomic E-state index is 12.0. The van der Waals surface area contributed by atoms with Gasteiger partial charge in [-0.2, -0.15) is 8.78 Å². The summed E-state index contributed by atoms with van der Waals surface area (Å²) in [5.41, 5.74) is 0.920. The van der Waals surface area contributed by atoms with Gasteiger partial charge in [-0.1, -0.05) is 12.1 Å². The Kier molecular flexibility index (Phi) is 4.20. The zero-order chi connectivity index (χ0) is 15.5. The van der Waals surface area contributed by atoms with Crippen molar-refractivity contribution in [2.45, 2.75) is 13.0 Å². The highest BCUT2D eigenvalue weighted by molar-refractivity contribution is 5.62. The lowest BCUT2D eigenvalue weighted by atomic mass is 10.1. The van der Waals surface area contributed by atoms with Crippen molar-refractivity contribution in [3.8, 4) is 22.9 Å². The number of benzene rings is 1. The van der Waals surface area contributed by atoms with E-state index in [1.807, 2.05) is 0 Å². The van der Waals surface area contributed by atoms with E-state index >= 15 is 0 Å². The molecule has 2 aromatic rings. The van der Waals surface area contributed by atoms with Crippen LogP contribution in [-0.2, 0) is 0 Å². The molecular weight excluding hydrogens is 299 g/mol. The summed E-state index contributed by atoms with van der Waals surface area (Å²) in [5, 5.41) is 0. The second kappa shape index (κ2) is 5.90. The van der Waals surface area contributed by atoms with E-state index in [1.54, 1.807) is 0 Å². The molecule has 0 bridgehead atoms. The van der Waals surface area contributed by atoms with E-state index in [2.05, 4.69) is 19.4 Å². The average Bonchev–Trinajstić information content (AvgIpc) is 2.38. The Labute approximate surface area is 115 Å². The van der Waals surface area contributed by atoms with Gasteiger partial charge < -0.3 is 9.47 Å². The summed E-state index contributed by atoms with van der Waals surface area (Å²) in [4.78, 5) is 7.10. The van der Waals surface area contributed by atoms with Gasteiger partial charge in [0.15, 0.2) is 0 Å². The third-order valence-corrected chi connectivity index (χ3v) is 2.24. The number of hydrogen-bond donors (Lipinski definition) is 0. The van der Waals surface area contributed by atoms with Crippen molar-refractivity contribution in [3.63, 3.8) is 0 Å². The quantitative estimate of drug-likeness (QED) is 0.809. The predicted octanol–water partition coefficient (Wildman–Crippen LogP) is 3.64. The number of ether oxygens (including phenoxy) is 2. The third-order valence-electron chi connectivity index (χ3n) is 2.24. The Morgan fingerprint density at radius 1 is 0.905 bits per heavy atom. The van der Waals surface area contributed by atoms with Crippen molar-refractivity contribution in [2.75, 3.05) is 0 Å². The normalized spacial score (nSPS) is 11.5. The van der Waals surface area contributed by atoms with Gasteiger partial charge >= 0.3 is 19.0 Å². The second-order valence-corrected chi connectivity index (χ2v) is 3.70. The van der Waals surface area contributed by atoms with Crippen LogP contribution in [-0.4, -0.2) is 22.9 Å². The SMILES string of the molecule is FC(F)Oc1ncc(-c2ccc(OC(F)(F)F)cc2)cn1. The van der Waals surface area contributed by atoms with Crippen LogP contribution in [0.4, 0.5) is 22.0 Å². The van der Waals surface area contributed by atoms with E-state index in [4.69, 9.17) is 0 Å². The summed E-state index contributed by atoms with van der Waals surface area (Å²) in [6.45, 7) is -3.03. The maximum Gasteiger partial charge on any atom is 0.573 e. The van der Waals surface area contributed by atoms with Crippen LogP contribution in [0.25, 0.3) is 11.1 Å². The fourth-order valence-electron chi connectivity index (χ4n) is 1.45. The van der Waals surface area contributed by atoms with Crippen LogP contribution in [0.2, 0.25) is 0 Å². The zero-order valence-corrected chi connectivity index (χ0v) is 10.1. The minimum Gasteiger partial charge on any atom is -0.406 e. The molecule has 0 aliphatic rings. The lowest BCUT2D eigenvalue weighted by Crippen LogP contribution is -2.16. The smallest absolute Gasteiger partial charge is 0.406 e. The summed E-state index contributed by atoms with van der Waals surface area (Å²) >= 11 is 0. The van der Waals surface area contributed by atoms with Crippen LogP contribution in [0.3, 0.4) is 0 Å². The molecule has 0 aliphatic carbocycles. The van der Waals surface area contributed by atoms with Crippen molar-refractivity contribution in [1.82, 2.24) is 9.97 Å². The van der Waals surface area contributed by atoms with Gasteiger partial charge in [0.25, 0.3) is 0 Å². The monoisotopic (exact) mass is 306 g/mol. The van der Waals surface area contributed by atoms with Gasteiger partial charge in [-0.05, 0) is 17.7 Å². The maximum atomic E-state index is 12.0. The van der Waals surface area contributed by atoms with Crippen molar-refractivity contribution in [2.24, 2.45) is 0 Å². The van der Waals surface area contributed by atoms with E-state index < -0.39 is 19.0 Å². The highest BCUT2D eigenvalue weighted by Gasteiger charge is 2.30. The van der Waals surface area contributed by atoms with Gasteiger partial charge in [0.1, 0.15) is 5.75 Å². The molecule has 0 atom stereocenters. The molecule has 1 aromatic heterocycles. The van der Waals surface area contributed by atoms with Crippen LogP contribution >= 0.6 is 0 Å². The Balaban J connectivity index is 2.11. The number of hydrogen-bond acceptors (Lipinski definition) is 4. The van der Waals surface area contributed by atoms with Gasteiger partial charge in [-0.15, -0.1) is 13.2 Å². The minimum absolute atomic E-state index is 0.371. The van der Waals surface area contributed by atoms with Crippen molar-refractivity contribution in [1.29, 1.82) is 0 Å². The molecule has 4 nitrogen and oxygen atoms in total. The number of alkyl halides is 5. The van der Waals surface area contributed by atoms with Crippen LogP contribution in [0, 0.1) is 0 Å². The van der Waals surface area contributed by atoms with E-state index in [9.17, 15) is 22.0 Å². The Morgan fingerprint density at radius 2 is 1.48 bits per heavy atom. The lowest BCUT2D eigenvalue weighted by Gasteiger charge is -2.09. The highest BCUT2D eigenvalue weighted by atomic mass is 19.4. The summed E-state index contributed by atoms with van der Waals surface area (Å²) < 4.78 is 67.5. The first-order valence-electron chi connectivity index (χ1n) is 5.46. The Morgan fingerprint density at radius 3 is 1.95 bits per heavy atom. The molecule has 9 heteroatoms. The molecule has 0 saturated carbocycles. The average molecular weight is 306 g/mol. The molecule has 1 heterocycles. The molecule has 0 amide bonds. The summed E-state index contributed by atoms with van der Waals surface area (Å²) in [7, 11) is 0. The highest BCUT2D eigenvalue weighted by Crippen LogP contribution is 2.26. The Bertz CT molecular complexity index is 584. The molecule has 0 unspecified atom stereocenters. The molecular formula is C12H7F5N2O2. The third kappa shape index (κ3) is 4.55.